The molecule has 2 nitrogen and oxygen atoms in total. The van der Waals surface area contributed by atoms with Crippen LogP contribution in [-0.2, 0) is 4.79 Å². The van der Waals surface area contributed by atoms with Crippen molar-refractivity contribution in [2.24, 2.45) is 11.8 Å². The molecule has 8 heavy (non-hydrogen) atoms. The molecule has 1 heterocycles. The van der Waals surface area contributed by atoms with E-state index in [1.54, 1.807) is 0 Å². The van der Waals surface area contributed by atoms with Gasteiger partial charge in [0, 0.05) is 19.5 Å². The fourth-order valence-electron chi connectivity index (χ4n) is 1.48. The van der Waals surface area contributed by atoms with E-state index in [4.69, 9.17) is 0 Å². The topological polar surface area (TPSA) is 20.3 Å². The van der Waals surface area contributed by atoms with Crippen molar-refractivity contribution in [1.29, 1.82) is 0 Å². The van der Waals surface area contributed by atoms with E-state index in [-0.39, 0.29) is 0 Å². The Hall–Kier alpha value is -0.530. The van der Waals surface area contributed by atoms with Gasteiger partial charge in [-0.25, -0.2) is 0 Å². The van der Waals surface area contributed by atoms with Gasteiger partial charge in [0.05, 0.1) is 0 Å². The van der Waals surface area contributed by atoms with Crippen molar-refractivity contribution in [3.63, 3.8) is 0 Å². The van der Waals surface area contributed by atoms with Gasteiger partial charge >= 0.3 is 0 Å². The number of carbonyl (C=O) groups is 1. The van der Waals surface area contributed by atoms with Gasteiger partial charge in [-0.05, 0) is 12.3 Å². The lowest BCUT2D eigenvalue weighted by molar-refractivity contribution is -0.128. The summed E-state index contributed by atoms with van der Waals surface area (Å²) in [6, 6.07) is 0. The maximum absolute atomic E-state index is 10.9. The van der Waals surface area contributed by atoms with Crippen molar-refractivity contribution < 1.29 is 4.79 Å². The summed E-state index contributed by atoms with van der Waals surface area (Å²) in [6.45, 7) is 1.02. The van der Waals surface area contributed by atoms with E-state index in [1.165, 1.54) is 6.42 Å². The van der Waals surface area contributed by atoms with Gasteiger partial charge in [-0.3, -0.25) is 4.79 Å². The first-order chi connectivity index (χ1) is 3.79. The number of rotatable bonds is 0. The third-order valence-corrected chi connectivity index (χ3v) is 2.12. The number of likely N-dealkylation sites (tertiary alicyclic amines) is 1. The summed E-state index contributed by atoms with van der Waals surface area (Å²) in [5.41, 5.74) is 0. The lowest BCUT2D eigenvalue weighted by Crippen LogP contribution is -2.22. The molecular formula is C6H9NO. The van der Waals surface area contributed by atoms with Crippen LogP contribution < -0.4 is 0 Å². The van der Waals surface area contributed by atoms with Crippen LogP contribution in [0.1, 0.15) is 6.42 Å². The van der Waals surface area contributed by atoms with Gasteiger partial charge in [0.1, 0.15) is 0 Å². The molecular weight excluding hydrogens is 102 g/mol. The second-order valence-corrected chi connectivity index (χ2v) is 2.82. The smallest absolute Gasteiger partial charge is 0.225 e. The highest BCUT2D eigenvalue weighted by atomic mass is 16.2. The minimum Gasteiger partial charge on any atom is -0.345 e. The van der Waals surface area contributed by atoms with Crippen molar-refractivity contribution in [1.82, 2.24) is 4.90 Å². The van der Waals surface area contributed by atoms with Crippen LogP contribution >= 0.6 is 0 Å². The zero-order valence-electron chi connectivity index (χ0n) is 4.92. The van der Waals surface area contributed by atoms with Gasteiger partial charge in [-0.15, -0.1) is 0 Å². The highest BCUT2D eigenvalue weighted by Gasteiger charge is 2.50. The van der Waals surface area contributed by atoms with E-state index in [0.717, 1.165) is 12.5 Å². The standard InChI is InChI=1S/C6H9NO/c1-7-3-4-2-5(4)6(7)8/h4-5H,2-3H2,1H3. The van der Waals surface area contributed by atoms with Gasteiger partial charge in [-0.1, -0.05) is 0 Å². The van der Waals surface area contributed by atoms with E-state index in [2.05, 4.69) is 0 Å². The summed E-state index contributed by atoms with van der Waals surface area (Å²) in [6.07, 6.45) is 1.17. The molecule has 0 aromatic carbocycles. The SMILES string of the molecule is CN1CC2CC2C1=O. The third-order valence-electron chi connectivity index (χ3n) is 2.12. The van der Waals surface area contributed by atoms with E-state index in [0.29, 0.717) is 11.8 Å². The normalized spacial score (nSPS) is 42.6. The first-order valence-electron chi connectivity index (χ1n) is 3.04. The summed E-state index contributed by atoms with van der Waals surface area (Å²) < 4.78 is 0. The largest absolute Gasteiger partial charge is 0.345 e. The summed E-state index contributed by atoms with van der Waals surface area (Å²) in [5.74, 6) is 1.56. The first-order valence-corrected chi connectivity index (χ1v) is 3.04. The van der Waals surface area contributed by atoms with Gasteiger partial charge in [-0.2, -0.15) is 0 Å². The van der Waals surface area contributed by atoms with Gasteiger partial charge in [0.2, 0.25) is 5.91 Å². The predicted molar refractivity (Wildman–Crippen MR) is 29.2 cm³/mol. The molecule has 2 heteroatoms. The molecule has 1 saturated heterocycles. The van der Waals surface area contributed by atoms with Crippen LogP contribution in [0.15, 0.2) is 0 Å². The number of fused-ring (bicyclic) bond motifs is 1. The second kappa shape index (κ2) is 1.07. The van der Waals surface area contributed by atoms with Crippen LogP contribution in [0.25, 0.3) is 0 Å². The summed E-state index contributed by atoms with van der Waals surface area (Å²) in [5, 5.41) is 0. The second-order valence-electron chi connectivity index (χ2n) is 2.82. The molecule has 2 rings (SSSR count). The summed E-state index contributed by atoms with van der Waals surface area (Å²) in [7, 11) is 1.88. The zero-order chi connectivity index (χ0) is 5.72. The molecule has 44 valence electrons. The van der Waals surface area contributed by atoms with Gasteiger partial charge in [0.25, 0.3) is 0 Å². The number of hydrogen-bond donors (Lipinski definition) is 0. The van der Waals surface area contributed by atoms with Gasteiger partial charge < -0.3 is 4.90 Å². The highest BCUT2D eigenvalue weighted by molar-refractivity contribution is 5.84. The Labute approximate surface area is 48.5 Å². The van der Waals surface area contributed by atoms with Crippen LogP contribution in [-0.4, -0.2) is 24.4 Å². The number of hydrogen-bond acceptors (Lipinski definition) is 1. The van der Waals surface area contributed by atoms with Crippen LogP contribution in [0.3, 0.4) is 0 Å². The quantitative estimate of drug-likeness (QED) is 0.434. The molecule has 1 aliphatic carbocycles. The molecule has 0 N–H and O–H groups in total. The van der Waals surface area contributed by atoms with Crippen molar-refractivity contribution >= 4 is 5.91 Å². The van der Waals surface area contributed by atoms with Crippen LogP contribution in [0, 0.1) is 11.8 Å². The molecule has 2 atom stereocenters. The molecule has 0 aromatic rings. The zero-order valence-corrected chi connectivity index (χ0v) is 4.92. The molecule has 0 radical (unpaired) electrons. The molecule has 1 amide bonds. The van der Waals surface area contributed by atoms with Gasteiger partial charge in [0.15, 0.2) is 0 Å². The highest BCUT2D eigenvalue weighted by Crippen LogP contribution is 2.45. The van der Waals surface area contributed by atoms with Crippen LogP contribution in [0.4, 0.5) is 0 Å². The molecule has 1 saturated carbocycles. The fraction of sp³-hybridized carbons (Fsp3) is 0.833. The van der Waals surface area contributed by atoms with Crippen LogP contribution in [0.5, 0.6) is 0 Å². The number of nitrogens with zero attached hydrogens (tertiary/aromatic N) is 1. The molecule has 0 bridgehead atoms. The minimum atomic E-state index is 0.370. The Morgan fingerprint density at radius 2 is 2.50 bits per heavy atom. The monoisotopic (exact) mass is 111 g/mol. The Morgan fingerprint density at radius 3 is 2.75 bits per heavy atom. The number of piperidine rings is 1. The Morgan fingerprint density at radius 1 is 1.75 bits per heavy atom. The van der Waals surface area contributed by atoms with Crippen molar-refractivity contribution in [3.8, 4) is 0 Å². The Balaban J connectivity index is 2.19. The number of amides is 1. The maximum Gasteiger partial charge on any atom is 0.225 e. The van der Waals surface area contributed by atoms with E-state index < -0.39 is 0 Å². The third kappa shape index (κ3) is 0.358. The molecule has 2 aliphatic rings. The minimum absolute atomic E-state index is 0.370. The Kier molecular flexibility index (Phi) is 0.581. The molecule has 0 aromatic heterocycles. The van der Waals surface area contributed by atoms with E-state index in [9.17, 15) is 4.79 Å². The van der Waals surface area contributed by atoms with E-state index >= 15 is 0 Å². The Bertz CT molecular complexity index is 139. The van der Waals surface area contributed by atoms with Crippen molar-refractivity contribution in [3.05, 3.63) is 0 Å². The summed E-state index contributed by atoms with van der Waals surface area (Å²) >= 11 is 0. The average Bonchev–Trinajstić information content (AvgIpc) is 2.39. The molecule has 2 fully saturated rings. The molecule has 2 unspecified atom stereocenters. The maximum atomic E-state index is 10.9. The number of carbonyl (C=O) groups excluding carboxylic acids is 1. The molecule has 1 aliphatic heterocycles. The lowest BCUT2D eigenvalue weighted by Gasteiger charge is -2.08. The lowest BCUT2D eigenvalue weighted by atomic mass is 10.4. The predicted octanol–water partition coefficient (Wildman–Crippen LogP) is 0.0945. The first kappa shape index (κ1) is 4.36. The molecule has 0 spiro atoms. The van der Waals surface area contributed by atoms with Crippen LogP contribution in [0.2, 0.25) is 0 Å². The summed E-state index contributed by atoms with van der Waals surface area (Å²) in [4.78, 5) is 12.7. The van der Waals surface area contributed by atoms with E-state index in [1.807, 2.05) is 11.9 Å². The van der Waals surface area contributed by atoms with Crippen molar-refractivity contribution in [2.45, 2.75) is 6.42 Å². The average molecular weight is 111 g/mol. The van der Waals surface area contributed by atoms with Crippen molar-refractivity contribution in [2.75, 3.05) is 13.6 Å². The fourth-order valence-corrected chi connectivity index (χ4v) is 1.48.